The van der Waals surface area contributed by atoms with Crippen molar-refractivity contribution in [2.45, 2.75) is 96.9 Å². The lowest BCUT2D eigenvalue weighted by Crippen LogP contribution is -2.48. The molecule has 2 aromatic heterocycles. The summed E-state index contributed by atoms with van der Waals surface area (Å²) in [6.07, 6.45) is 7.23. The third-order valence-electron chi connectivity index (χ3n) is 14.8. The van der Waals surface area contributed by atoms with Crippen LogP contribution < -0.4 is 15.0 Å². The van der Waals surface area contributed by atoms with E-state index in [1.807, 2.05) is 17.0 Å². The number of aliphatic hydroxyl groups is 1. The zero-order valence-corrected chi connectivity index (χ0v) is 41.9. The Morgan fingerprint density at radius 3 is 2.11 bits per heavy atom. The predicted octanol–water partition coefficient (Wildman–Crippen LogP) is 10.1. The molecule has 12 heteroatoms. The highest BCUT2D eigenvalue weighted by Gasteiger charge is 2.45. The Balaban J connectivity index is 0.000000193. The SMILES string of the molecule is CC/C(=C(\c1ccccc1)c1ccc(OCCN(C)C)cc1)c1ccccc1.CCc1c2c(nc3ccc(OC(=O)N4CCC(N5CCCCC5)CC4)cc13)-c1cc3c(c(=O)n1C2)COC(=O)[C@]3(O)CC. The minimum Gasteiger partial charge on any atom is -0.492 e. The number of carbonyl (C=O) groups is 2. The number of aryl methyl sites for hydroxylation is 1. The molecule has 71 heavy (non-hydrogen) atoms. The lowest BCUT2D eigenvalue weighted by Gasteiger charge is -2.39. The lowest BCUT2D eigenvalue weighted by molar-refractivity contribution is -0.172. The zero-order chi connectivity index (χ0) is 49.6. The number of hydrogen-bond acceptors (Lipinski definition) is 10. The highest BCUT2D eigenvalue weighted by molar-refractivity contribution is 5.98. The molecule has 6 heterocycles. The number of cyclic esters (lactones) is 1. The van der Waals surface area contributed by atoms with Crippen molar-refractivity contribution >= 4 is 34.1 Å². The number of carbonyl (C=O) groups excluding carboxylic acids is 2. The number of likely N-dealkylation sites (N-methyl/N-ethyl adjacent to an activating group) is 1. The second kappa shape index (κ2) is 21.8. The van der Waals surface area contributed by atoms with E-state index in [-0.39, 0.29) is 24.7 Å². The molecule has 10 rings (SSSR count). The Hall–Kier alpha value is -6.60. The third kappa shape index (κ3) is 10.3. The Bertz CT molecular complexity index is 2960. The fourth-order valence-electron chi connectivity index (χ4n) is 10.8. The number of rotatable bonds is 12. The molecule has 2 saturated heterocycles. The molecule has 0 saturated carbocycles. The van der Waals surface area contributed by atoms with Crippen LogP contribution in [0.2, 0.25) is 0 Å². The van der Waals surface area contributed by atoms with Gasteiger partial charge < -0.3 is 38.6 Å². The van der Waals surface area contributed by atoms with Gasteiger partial charge in [-0.25, -0.2) is 14.6 Å². The quantitative estimate of drug-likeness (QED) is 0.0934. The molecule has 370 valence electrons. The van der Waals surface area contributed by atoms with Crippen LogP contribution in [0.4, 0.5) is 4.79 Å². The number of ether oxygens (including phenoxy) is 3. The highest BCUT2D eigenvalue weighted by Crippen LogP contribution is 2.41. The van der Waals surface area contributed by atoms with Crippen LogP contribution in [-0.4, -0.2) is 101 Å². The van der Waals surface area contributed by atoms with E-state index in [1.165, 1.54) is 60.2 Å². The second-order valence-corrected chi connectivity index (χ2v) is 19.4. The standard InChI is InChI=1S/C33H38N4O6.C26H29NO/c1-3-22-23-16-21(43-32(40)36-14-10-20(11-15-36)35-12-6-5-7-13-35)8-9-27(23)34-29-24(22)18-37-28(29)17-26-25(30(37)38)19-42-31(39)33(26,41)4-2;1-4-25(21-11-7-5-8-12-21)26(22-13-9-6-10-14-22)23-15-17-24(18-16-23)28-20-19-27(2)3/h8-9,16-17,20,41H,3-7,10-15,18-19H2,1-2H3;5-18H,4,19-20H2,1-3H3/b;26-25-/t33-;/m0./s1. The summed E-state index contributed by atoms with van der Waals surface area (Å²) in [6.45, 7) is 11.5. The summed E-state index contributed by atoms with van der Waals surface area (Å²) in [5.41, 5.74) is 8.75. The summed E-state index contributed by atoms with van der Waals surface area (Å²) in [4.78, 5) is 50.7. The van der Waals surface area contributed by atoms with E-state index >= 15 is 0 Å². The maximum Gasteiger partial charge on any atom is 0.415 e. The summed E-state index contributed by atoms with van der Waals surface area (Å²) in [5.74, 6) is 0.647. The van der Waals surface area contributed by atoms with Crippen molar-refractivity contribution in [2.75, 3.05) is 53.4 Å². The van der Waals surface area contributed by atoms with Crippen molar-refractivity contribution in [1.29, 1.82) is 0 Å². The first kappa shape index (κ1) is 49.4. The Morgan fingerprint density at radius 2 is 1.46 bits per heavy atom. The monoisotopic (exact) mass is 958 g/mol. The number of pyridine rings is 2. The molecule has 0 unspecified atom stereocenters. The smallest absolute Gasteiger partial charge is 0.415 e. The summed E-state index contributed by atoms with van der Waals surface area (Å²) in [6, 6.07) is 37.6. The molecule has 4 aromatic carbocycles. The van der Waals surface area contributed by atoms with Gasteiger partial charge in [-0.2, -0.15) is 0 Å². The van der Waals surface area contributed by atoms with Gasteiger partial charge in [-0.3, -0.25) is 4.79 Å². The van der Waals surface area contributed by atoms with Crippen LogP contribution in [0.1, 0.15) is 105 Å². The van der Waals surface area contributed by atoms with Crippen LogP contribution in [0, 0.1) is 0 Å². The first-order valence-corrected chi connectivity index (χ1v) is 25.6. The number of esters is 1. The van der Waals surface area contributed by atoms with Crippen LogP contribution in [0.25, 0.3) is 33.4 Å². The van der Waals surface area contributed by atoms with Crippen LogP contribution >= 0.6 is 0 Å². The molecule has 1 atom stereocenters. The van der Waals surface area contributed by atoms with Gasteiger partial charge in [0.1, 0.15) is 24.7 Å². The maximum absolute atomic E-state index is 13.6. The minimum atomic E-state index is -1.86. The molecule has 1 N–H and O–H groups in total. The first-order chi connectivity index (χ1) is 34.5. The van der Waals surface area contributed by atoms with Crippen molar-refractivity contribution in [3.8, 4) is 22.9 Å². The maximum atomic E-state index is 13.6. The average molecular weight is 958 g/mol. The Labute approximate surface area is 417 Å². The van der Waals surface area contributed by atoms with Crippen molar-refractivity contribution in [1.82, 2.24) is 24.3 Å². The summed E-state index contributed by atoms with van der Waals surface area (Å²) in [7, 11) is 4.11. The van der Waals surface area contributed by atoms with Crippen LogP contribution in [0.5, 0.6) is 11.5 Å². The van der Waals surface area contributed by atoms with Crippen molar-refractivity contribution in [3.63, 3.8) is 0 Å². The van der Waals surface area contributed by atoms with Crippen molar-refractivity contribution < 1.29 is 28.9 Å². The molecular formula is C59H67N5O7. The number of aromatic nitrogens is 2. The van der Waals surface area contributed by atoms with Crippen LogP contribution in [0.15, 0.2) is 114 Å². The number of nitrogens with zero attached hydrogens (tertiary/aromatic N) is 5. The molecule has 0 spiro atoms. The normalized spacial score (nSPS) is 18.2. The molecular weight excluding hydrogens is 891 g/mol. The van der Waals surface area contributed by atoms with Gasteiger partial charge >= 0.3 is 12.1 Å². The summed E-state index contributed by atoms with van der Waals surface area (Å²) >= 11 is 0. The van der Waals surface area contributed by atoms with E-state index in [0.29, 0.717) is 67.0 Å². The van der Waals surface area contributed by atoms with Gasteiger partial charge in [-0.05, 0) is 142 Å². The summed E-state index contributed by atoms with van der Waals surface area (Å²) < 4.78 is 18.6. The van der Waals surface area contributed by atoms with Crippen molar-refractivity contribution in [2.24, 2.45) is 0 Å². The van der Waals surface area contributed by atoms with Gasteiger partial charge in [0.25, 0.3) is 5.56 Å². The van der Waals surface area contributed by atoms with Gasteiger partial charge in [0, 0.05) is 42.2 Å². The molecule has 6 aromatic rings. The summed E-state index contributed by atoms with van der Waals surface area (Å²) in [5, 5.41) is 12.0. The number of amides is 1. The molecule has 1 amide bonds. The average Bonchev–Trinajstić information content (AvgIpc) is 3.78. The minimum absolute atomic E-state index is 0.0951. The van der Waals surface area contributed by atoms with Crippen molar-refractivity contribution in [3.05, 3.63) is 158 Å². The third-order valence-corrected chi connectivity index (χ3v) is 14.8. The molecule has 4 aliphatic heterocycles. The van der Waals surface area contributed by atoms with Crippen LogP contribution in [-0.2, 0) is 34.7 Å². The highest BCUT2D eigenvalue weighted by atomic mass is 16.6. The fourth-order valence-corrected chi connectivity index (χ4v) is 10.8. The van der Waals surface area contributed by atoms with Crippen LogP contribution in [0.3, 0.4) is 0 Å². The molecule has 2 fully saturated rings. The second-order valence-electron chi connectivity index (χ2n) is 19.4. The predicted molar refractivity (Wildman–Crippen MR) is 280 cm³/mol. The van der Waals surface area contributed by atoms with E-state index in [0.717, 1.165) is 53.6 Å². The number of piperidine rings is 2. The number of allylic oxidation sites excluding steroid dienone is 1. The largest absolute Gasteiger partial charge is 0.492 e. The Morgan fingerprint density at radius 1 is 0.803 bits per heavy atom. The number of benzene rings is 4. The number of likely N-dealkylation sites (tertiary alicyclic amines) is 2. The van der Waals surface area contributed by atoms with Gasteiger partial charge in [0.05, 0.1) is 29.0 Å². The van der Waals surface area contributed by atoms with E-state index < -0.39 is 11.6 Å². The zero-order valence-electron chi connectivity index (χ0n) is 41.9. The lowest BCUT2D eigenvalue weighted by atomic mass is 9.86. The number of fused-ring (bicyclic) bond motifs is 5. The fraction of sp³-hybridized carbons (Fsp3) is 0.390. The van der Waals surface area contributed by atoms with E-state index in [4.69, 9.17) is 19.2 Å². The molecule has 0 radical (unpaired) electrons. The molecule has 0 aliphatic carbocycles. The van der Waals surface area contributed by atoms with Gasteiger partial charge in [-0.15, -0.1) is 0 Å². The molecule has 0 bridgehead atoms. The van der Waals surface area contributed by atoms with E-state index in [2.05, 4.69) is 123 Å². The topological polar surface area (TPSA) is 127 Å². The van der Waals surface area contributed by atoms with E-state index in [9.17, 15) is 19.5 Å². The number of hydrogen-bond donors (Lipinski definition) is 1. The van der Waals surface area contributed by atoms with E-state index in [1.54, 1.807) is 23.6 Å². The van der Waals surface area contributed by atoms with Gasteiger partial charge in [-0.1, -0.05) is 100.0 Å². The molecule has 4 aliphatic rings. The first-order valence-electron chi connectivity index (χ1n) is 25.6. The Kier molecular flexibility index (Phi) is 15.2. The van der Waals surface area contributed by atoms with Gasteiger partial charge in [0.2, 0.25) is 0 Å². The molecule has 12 nitrogen and oxygen atoms in total. The van der Waals surface area contributed by atoms with Gasteiger partial charge in [0.15, 0.2) is 5.60 Å².